The van der Waals surface area contributed by atoms with Crippen LogP contribution >= 0.6 is 0 Å². The summed E-state index contributed by atoms with van der Waals surface area (Å²) in [6.07, 6.45) is 1.04. The molecule has 4 heteroatoms. The Kier molecular flexibility index (Phi) is 7.34. The van der Waals surface area contributed by atoms with Crippen molar-refractivity contribution in [3.8, 4) is 0 Å². The fourth-order valence-corrected chi connectivity index (χ4v) is 1.33. The Labute approximate surface area is 93.8 Å². The summed E-state index contributed by atoms with van der Waals surface area (Å²) in [4.78, 5) is 17.5. The Morgan fingerprint density at radius 3 is 1.80 bits per heavy atom. The second-order valence-electron chi connectivity index (χ2n) is 4.47. The average Bonchev–Trinajstić information content (AvgIpc) is 2.09. The number of rotatable bonds is 7. The summed E-state index contributed by atoms with van der Waals surface area (Å²) < 4.78 is 0. The van der Waals surface area contributed by atoms with E-state index in [1.807, 2.05) is 19.0 Å². The van der Waals surface area contributed by atoms with E-state index in [-0.39, 0.29) is 5.91 Å². The highest BCUT2D eigenvalue weighted by Crippen LogP contribution is 1.94. The van der Waals surface area contributed by atoms with Crippen molar-refractivity contribution in [1.82, 2.24) is 14.7 Å². The summed E-state index contributed by atoms with van der Waals surface area (Å²) in [5.41, 5.74) is 0. The van der Waals surface area contributed by atoms with Gasteiger partial charge < -0.3 is 14.7 Å². The van der Waals surface area contributed by atoms with E-state index < -0.39 is 0 Å². The maximum atomic E-state index is 11.3. The fraction of sp³-hybridized carbons (Fsp3) is 0.909. The number of nitrogens with zero attached hydrogens (tertiary/aromatic N) is 3. The van der Waals surface area contributed by atoms with Crippen molar-refractivity contribution in [3.63, 3.8) is 0 Å². The van der Waals surface area contributed by atoms with Crippen molar-refractivity contribution in [2.45, 2.75) is 13.3 Å². The van der Waals surface area contributed by atoms with Crippen LogP contribution in [-0.4, -0.2) is 75.0 Å². The van der Waals surface area contributed by atoms with Crippen molar-refractivity contribution < 1.29 is 4.79 Å². The summed E-state index contributed by atoms with van der Waals surface area (Å²) >= 11 is 0. The van der Waals surface area contributed by atoms with Crippen molar-refractivity contribution >= 4 is 5.91 Å². The Hall–Kier alpha value is -0.610. The van der Waals surface area contributed by atoms with Crippen molar-refractivity contribution in [2.24, 2.45) is 0 Å². The molecule has 0 atom stereocenters. The van der Waals surface area contributed by atoms with Crippen molar-refractivity contribution in [1.29, 1.82) is 0 Å². The lowest BCUT2D eigenvalue weighted by Gasteiger charge is -2.23. The third kappa shape index (κ3) is 8.39. The SMILES string of the molecule is CC(=O)N(CCCN(C)C)CCN(C)C. The Balaban J connectivity index is 3.79. The van der Waals surface area contributed by atoms with E-state index in [2.05, 4.69) is 23.9 Å². The molecule has 0 aliphatic carbocycles. The van der Waals surface area contributed by atoms with Gasteiger partial charge in [0.1, 0.15) is 0 Å². The van der Waals surface area contributed by atoms with Gasteiger partial charge in [-0.1, -0.05) is 0 Å². The summed E-state index contributed by atoms with van der Waals surface area (Å²) in [6, 6.07) is 0. The molecule has 0 unspecified atom stereocenters. The van der Waals surface area contributed by atoms with E-state index in [1.54, 1.807) is 6.92 Å². The van der Waals surface area contributed by atoms with E-state index in [4.69, 9.17) is 0 Å². The summed E-state index contributed by atoms with van der Waals surface area (Å²) in [6.45, 7) is 5.30. The monoisotopic (exact) mass is 215 g/mol. The molecule has 0 aliphatic rings. The Morgan fingerprint density at radius 1 is 0.867 bits per heavy atom. The van der Waals surface area contributed by atoms with Gasteiger partial charge in [0.25, 0.3) is 0 Å². The Morgan fingerprint density at radius 2 is 1.40 bits per heavy atom. The van der Waals surface area contributed by atoms with Gasteiger partial charge in [0, 0.05) is 26.6 Å². The van der Waals surface area contributed by atoms with E-state index in [0.717, 1.165) is 32.6 Å². The highest BCUT2D eigenvalue weighted by molar-refractivity contribution is 5.73. The minimum absolute atomic E-state index is 0.176. The van der Waals surface area contributed by atoms with Gasteiger partial charge in [-0.2, -0.15) is 0 Å². The van der Waals surface area contributed by atoms with E-state index in [0.29, 0.717) is 0 Å². The van der Waals surface area contributed by atoms with Gasteiger partial charge in [-0.25, -0.2) is 0 Å². The number of carbonyl (C=O) groups excluding carboxylic acids is 1. The topological polar surface area (TPSA) is 26.8 Å². The summed E-state index contributed by atoms with van der Waals surface area (Å²) in [7, 11) is 8.16. The molecule has 15 heavy (non-hydrogen) atoms. The zero-order valence-electron chi connectivity index (χ0n) is 10.8. The largest absolute Gasteiger partial charge is 0.342 e. The highest BCUT2D eigenvalue weighted by Gasteiger charge is 2.08. The van der Waals surface area contributed by atoms with Crippen LogP contribution < -0.4 is 0 Å². The van der Waals surface area contributed by atoms with Crippen LogP contribution in [0, 0.1) is 0 Å². The zero-order chi connectivity index (χ0) is 11.8. The number of hydrogen-bond donors (Lipinski definition) is 0. The quantitative estimate of drug-likeness (QED) is 0.613. The first-order valence-electron chi connectivity index (χ1n) is 5.48. The first-order valence-corrected chi connectivity index (χ1v) is 5.48. The van der Waals surface area contributed by atoms with Crippen LogP contribution in [0.3, 0.4) is 0 Å². The summed E-state index contributed by atoms with van der Waals surface area (Å²) in [5, 5.41) is 0. The van der Waals surface area contributed by atoms with E-state index >= 15 is 0 Å². The number of hydrogen-bond acceptors (Lipinski definition) is 3. The van der Waals surface area contributed by atoms with Crippen LogP contribution in [0.2, 0.25) is 0 Å². The van der Waals surface area contributed by atoms with Gasteiger partial charge >= 0.3 is 0 Å². The average molecular weight is 215 g/mol. The first kappa shape index (κ1) is 14.4. The van der Waals surface area contributed by atoms with Gasteiger partial charge in [0.05, 0.1) is 0 Å². The molecule has 0 saturated carbocycles. The molecular weight excluding hydrogens is 190 g/mol. The number of amides is 1. The normalized spacial score (nSPS) is 11.1. The van der Waals surface area contributed by atoms with Gasteiger partial charge in [-0.3, -0.25) is 4.79 Å². The molecule has 0 fully saturated rings. The van der Waals surface area contributed by atoms with Crippen molar-refractivity contribution in [2.75, 3.05) is 54.4 Å². The first-order chi connectivity index (χ1) is 6.93. The number of carbonyl (C=O) groups is 1. The molecule has 4 nitrogen and oxygen atoms in total. The predicted octanol–water partition coefficient (Wildman–Crippen LogP) is 0.348. The third-order valence-corrected chi connectivity index (χ3v) is 2.30. The molecule has 0 aromatic heterocycles. The van der Waals surface area contributed by atoms with Gasteiger partial charge in [-0.05, 0) is 41.2 Å². The molecule has 0 heterocycles. The molecule has 90 valence electrons. The molecule has 0 bridgehead atoms. The van der Waals surface area contributed by atoms with Gasteiger partial charge in [-0.15, -0.1) is 0 Å². The van der Waals surface area contributed by atoms with Gasteiger partial charge in [0.15, 0.2) is 0 Å². The lowest BCUT2D eigenvalue weighted by Crippen LogP contribution is -2.36. The van der Waals surface area contributed by atoms with Crippen LogP contribution in [0.4, 0.5) is 0 Å². The standard InChI is InChI=1S/C11H25N3O/c1-11(15)14(10-9-13(4)5)8-6-7-12(2)3/h6-10H2,1-5H3. The lowest BCUT2D eigenvalue weighted by atomic mass is 10.3. The summed E-state index contributed by atoms with van der Waals surface area (Å²) in [5.74, 6) is 0.176. The molecule has 0 aromatic rings. The second-order valence-corrected chi connectivity index (χ2v) is 4.47. The number of likely N-dealkylation sites (N-methyl/N-ethyl adjacent to an activating group) is 1. The van der Waals surface area contributed by atoms with Crippen LogP contribution in [0.1, 0.15) is 13.3 Å². The molecule has 0 saturated heterocycles. The second kappa shape index (κ2) is 7.65. The van der Waals surface area contributed by atoms with Crippen LogP contribution in [-0.2, 0) is 4.79 Å². The van der Waals surface area contributed by atoms with Gasteiger partial charge in [0.2, 0.25) is 5.91 Å². The predicted molar refractivity (Wildman–Crippen MR) is 64.0 cm³/mol. The lowest BCUT2D eigenvalue weighted by molar-refractivity contribution is -0.129. The van der Waals surface area contributed by atoms with Crippen LogP contribution in [0.5, 0.6) is 0 Å². The van der Waals surface area contributed by atoms with E-state index in [1.165, 1.54) is 0 Å². The molecule has 0 N–H and O–H groups in total. The molecular formula is C11H25N3O. The van der Waals surface area contributed by atoms with Crippen LogP contribution in [0.25, 0.3) is 0 Å². The minimum atomic E-state index is 0.176. The Bertz CT molecular complexity index is 181. The highest BCUT2D eigenvalue weighted by atomic mass is 16.2. The molecule has 0 spiro atoms. The van der Waals surface area contributed by atoms with Crippen molar-refractivity contribution in [3.05, 3.63) is 0 Å². The molecule has 1 amide bonds. The fourth-order valence-electron chi connectivity index (χ4n) is 1.33. The zero-order valence-corrected chi connectivity index (χ0v) is 10.8. The van der Waals surface area contributed by atoms with E-state index in [9.17, 15) is 4.79 Å². The smallest absolute Gasteiger partial charge is 0.219 e. The molecule has 0 rings (SSSR count). The minimum Gasteiger partial charge on any atom is -0.342 e. The van der Waals surface area contributed by atoms with Crippen LogP contribution in [0.15, 0.2) is 0 Å². The maximum absolute atomic E-state index is 11.3. The molecule has 0 aliphatic heterocycles. The maximum Gasteiger partial charge on any atom is 0.219 e. The molecule has 0 aromatic carbocycles. The molecule has 0 radical (unpaired) electrons. The third-order valence-electron chi connectivity index (χ3n) is 2.30.